The average Bonchev–Trinajstić information content (AvgIpc) is 2.67. The minimum atomic E-state index is 0.893. The third kappa shape index (κ3) is 1.73. The van der Waals surface area contributed by atoms with Crippen LogP contribution in [0.5, 0.6) is 0 Å². The molecule has 0 spiro atoms. The highest BCUT2D eigenvalue weighted by Crippen LogP contribution is 2.13. The topological polar surface area (TPSA) is 17.8 Å². The zero-order valence-electron chi connectivity index (χ0n) is 8.74. The lowest BCUT2D eigenvalue weighted by Gasteiger charge is -2.03. The van der Waals surface area contributed by atoms with Crippen LogP contribution in [0, 0.1) is 20.8 Å². The van der Waals surface area contributed by atoms with E-state index in [2.05, 4.69) is 41.0 Å². The van der Waals surface area contributed by atoms with Crippen LogP contribution in [0.4, 0.5) is 0 Å². The smallest absolute Gasteiger partial charge is 0.0898 e. The second-order valence-electron chi connectivity index (χ2n) is 3.57. The summed E-state index contributed by atoms with van der Waals surface area (Å²) in [7, 11) is 0. The summed E-state index contributed by atoms with van der Waals surface area (Å²) in [5.41, 5.74) is 3.83. The van der Waals surface area contributed by atoms with Gasteiger partial charge in [-0.15, -0.1) is 11.3 Å². The first-order valence-electron chi connectivity index (χ1n) is 4.70. The van der Waals surface area contributed by atoms with Crippen molar-refractivity contribution < 1.29 is 0 Å². The fourth-order valence-corrected chi connectivity index (χ4v) is 2.09. The van der Waals surface area contributed by atoms with E-state index in [-0.39, 0.29) is 0 Å². The lowest BCUT2D eigenvalue weighted by molar-refractivity contribution is 0.755. The van der Waals surface area contributed by atoms with Gasteiger partial charge in [-0.1, -0.05) is 0 Å². The van der Waals surface area contributed by atoms with Crippen LogP contribution >= 0.6 is 11.3 Å². The molecule has 0 bridgehead atoms. The molecule has 0 aromatic carbocycles. The molecule has 0 aliphatic heterocycles. The third-order valence-electron chi connectivity index (χ3n) is 2.50. The molecule has 2 aromatic heterocycles. The van der Waals surface area contributed by atoms with Gasteiger partial charge in [-0.25, -0.2) is 4.98 Å². The van der Waals surface area contributed by atoms with Crippen LogP contribution < -0.4 is 0 Å². The van der Waals surface area contributed by atoms with E-state index in [9.17, 15) is 0 Å². The molecule has 2 heterocycles. The SMILES string of the molecule is Cc1nc(Cn2ccc(C)c2C)cs1. The van der Waals surface area contributed by atoms with E-state index >= 15 is 0 Å². The summed E-state index contributed by atoms with van der Waals surface area (Å²) in [6, 6.07) is 2.15. The van der Waals surface area contributed by atoms with Crippen molar-refractivity contribution >= 4 is 11.3 Å². The lowest BCUT2D eigenvalue weighted by atomic mass is 10.3. The highest BCUT2D eigenvalue weighted by atomic mass is 32.1. The summed E-state index contributed by atoms with van der Waals surface area (Å²) in [6.45, 7) is 7.22. The van der Waals surface area contributed by atoms with Crippen LogP contribution in [0.2, 0.25) is 0 Å². The van der Waals surface area contributed by atoms with Crippen molar-refractivity contribution in [3.63, 3.8) is 0 Å². The summed E-state index contributed by atoms with van der Waals surface area (Å²) in [4.78, 5) is 4.45. The molecule has 0 aliphatic carbocycles. The molecule has 2 nitrogen and oxygen atoms in total. The van der Waals surface area contributed by atoms with E-state index in [0.717, 1.165) is 17.2 Å². The predicted octanol–water partition coefficient (Wildman–Crippen LogP) is 2.92. The fraction of sp³-hybridized carbons (Fsp3) is 0.364. The Bertz CT molecular complexity index is 440. The Balaban J connectivity index is 2.22. The molecule has 0 aliphatic rings. The summed E-state index contributed by atoms with van der Waals surface area (Å²) in [5.74, 6) is 0. The van der Waals surface area contributed by atoms with Gasteiger partial charge in [-0.05, 0) is 32.4 Å². The maximum absolute atomic E-state index is 4.45. The third-order valence-corrected chi connectivity index (χ3v) is 3.33. The second kappa shape index (κ2) is 3.58. The van der Waals surface area contributed by atoms with Crippen molar-refractivity contribution in [2.45, 2.75) is 27.3 Å². The number of aromatic nitrogens is 2. The van der Waals surface area contributed by atoms with E-state index in [4.69, 9.17) is 0 Å². The molecule has 0 saturated carbocycles. The first kappa shape index (κ1) is 9.46. The summed E-state index contributed by atoms with van der Waals surface area (Å²) in [6.07, 6.45) is 2.12. The van der Waals surface area contributed by atoms with Gasteiger partial charge in [0, 0.05) is 17.3 Å². The molecular formula is C11H14N2S. The molecule has 0 atom stereocenters. The Morgan fingerprint density at radius 1 is 1.36 bits per heavy atom. The molecule has 0 saturated heterocycles. The Hall–Kier alpha value is -1.09. The summed E-state index contributed by atoms with van der Waals surface area (Å²) < 4.78 is 2.24. The number of rotatable bonds is 2. The average molecular weight is 206 g/mol. The number of hydrogen-bond donors (Lipinski definition) is 0. The maximum Gasteiger partial charge on any atom is 0.0898 e. The Morgan fingerprint density at radius 3 is 2.64 bits per heavy atom. The van der Waals surface area contributed by atoms with Crippen molar-refractivity contribution in [1.29, 1.82) is 0 Å². The van der Waals surface area contributed by atoms with Crippen LogP contribution in [0.1, 0.15) is 22.0 Å². The van der Waals surface area contributed by atoms with Crippen LogP contribution in [-0.4, -0.2) is 9.55 Å². The zero-order valence-corrected chi connectivity index (χ0v) is 9.56. The lowest BCUT2D eigenvalue weighted by Crippen LogP contribution is -2.00. The van der Waals surface area contributed by atoms with Crippen molar-refractivity contribution in [3.05, 3.63) is 39.6 Å². The van der Waals surface area contributed by atoms with Crippen molar-refractivity contribution in [1.82, 2.24) is 9.55 Å². The van der Waals surface area contributed by atoms with E-state index in [1.165, 1.54) is 11.3 Å². The summed E-state index contributed by atoms with van der Waals surface area (Å²) >= 11 is 1.71. The van der Waals surface area contributed by atoms with Gasteiger partial charge in [0.25, 0.3) is 0 Å². The van der Waals surface area contributed by atoms with Crippen molar-refractivity contribution in [3.8, 4) is 0 Å². The van der Waals surface area contributed by atoms with Crippen LogP contribution in [-0.2, 0) is 6.54 Å². The van der Waals surface area contributed by atoms with Crippen LogP contribution in [0.15, 0.2) is 17.6 Å². The number of hydrogen-bond acceptors (Lipinski definition) is 2. The van der Waals surface area contributed by atoms with Gasteiger partial charge < -0.3 is 4.57 Å². The highest BCUT2D eigenvalue weighted by molar-refractivity contribution is 7.09. The number of nitrogens with zero attached hydrogens (tertiary/aromatic N) is 2. The predicted molar refractivity (Wildman–Crippen MR) is 59.9 cm³/mol. The van der Waals surface area contributed by atoms with Crippen LogP contribution in [0.3, 0.4) is 0 Å². The van der Waals surface area contributed by atoms with E-state index in [0.29, 0.717) is 0 Å². The molecule has 14 heavy (non-hydrogen) atoms. The largest absolute Gasteiger partial charge is 0.345 e. The highest BCUT2D eigenvalue weighted by Gasteiger charge is 2.03. The Morgan fingerprint density at radius 2 is 2.14 bits per heavy atom. The molecule has 74 valence electrons. The molecule has 0 fully saturated rings. The van der Waals surface area contributed by atoms with Crippen molar-refractivity contribution in [2.75, 3.05) is 0 Å². The number of thiazole rings is 1. The van der Waals surface area contributed by atoms with Gasteiger partial charge in [0.15, 0.2) is 0 Å². The molecule has 0 unspecified atom stereocenters. The normalized spacial score (nSPS) is 10.8. The van der Waals surface area contributed by atoms with Crippen molar-refractivity contribution in [2.24, 2.45) is 0 Å². The monoisotopic (exact) mass is 206 g/mol. The van der Waals surface area contributed by atoms with Gasteiger partial charge in [-0.2, -0.15) is 0 Å². The van der Waals surface area contributed by atoms with Gasteiger partial charge in [-0.3, -0.25) is 0 Å². The molecule has 3 heteroatoms. The van der Waals surface area contributed by atoms with Gasteiger partial charge in [0.05, 0.1) is 17.2 Å². The molecular weight excluding hydrogens is 192 g/mol. The van der Waals surface area contributed by atoms with E-state index in [1.807, 2.05) is 6.92 Å². The van der Waals surface area contributed by atoms with E-state index < -0.39 is 0 Å². The molecule has 2 rings (SSSR count). The minimum Gasteiger partial charge on any atom is -0.345 e. The Kier molecular flexibility index (Phi) is 2.42. The summed E-state index contributed by atoms with van der Waals surface area (Å²) in [5, 5.41) is 3.27. The quantitative estimate of drug-likeness (QED) is 0.738. The van der Waals surface area contributed by atoms with E-state index in [1.54, 1.807) is 11.3 Å². The first-order chi connectivity index (χ1) is 6.66. The molecule has 0 N–H and O–H groups in total. The molecule has 0 amide bonds. The first-order valence-corrected chi connectivity index (χ1v) is 5.58. The minimum absolute atomic E-state index is 0.893. The van der Waals surface area contributed by atoms with Gasteiger partial charge >= 0.3 is 0 Å². The molecule has 2 aromatic rings. The second-order valence-corrected chi connectivity index (χ2v) is 4.63. The maximum atomic E-state index is 4.45. The van der Waals surface area contributed by atoms with Gasteiger partial charge in [0.2, 0.25) is 0 Å². The molecule has 0 radical (unpaired) electrons. The fourth-order valence-electron chi connectivity index (χ4n) is 1.49. The van der Waals surface area contributed by atoms with Gasteiger partial charge in [0.1, 0.15) is 0 Å². The van der Waals surface area contributed by atoms with Crippen LogP contribution in [0.25, 0.3) is 0 Å². The zero-order chi connectivity index (χ0) is 10.1. The standard InChI is InChI=1S/C11H14N2S/c1-8-4-5-13(9(8)2)6-11-7-14-10(3)12-11/h4-5,7H,6H2,1-3H3. The number of aryl methyl sites for hydroxylation is 2. The Labute approximate surface area is 88.2 Å².